The van der Waals surface area contributed by atoms with E-state index in [4.69, 9.17) is 14.5 Å². The number of nitrogens with zero attached hydrogens (tertiary/aromatic N) is 2. The van der Waals surface area contributed by atoms with Crippen molar-refractivity contribution in [1.29, 1.82) is 0 Å². The minimum atomic E-state index is -0.122. The van der Waals surface area contributed by atoms with Gasteiger partial charge in [0.1, 0.15) is 0 Å². The van der Waals surface area contributed by atoms with Crippen molar-refractivity contribution in [3.63, 3.8) is 0 Å². The van der Waals surface area contributed by atoms with Crippen molar-refractivity contribution >= 4 is 11.8 Å². The van der Waals surface area contributed by atoms with Crippen LogP contribution < -0.4 is 14.8 Å². The normalized spacial score (nSPS) is 16.1. The van der Waals surface area contributed by atoms with Crippen LogP contribution in [0.15, 0.2) is 60.7 Å². The molecule has 35 heavy (non-hydrogen) atoms. The van der Waals surface area contributed by atoms with Crippen molar-refractivity contribution in [2.75, 3.05) is 19.9 Å². The highest BCUT2D eigenvalue weighted by Gasteiger charge is 2.29. The van der Waals surface area contributed by atoms with Gasteiger partial charge in [0.2, 0.25) is 6.79 Å². The summed E-state index contributed by atoms with van der Waals surface area (Å²) in [5.74, 6) is 1.24. The molecule has 1 saturated heterocycles. The van der Waals surface area contributed by atoms with E-state index in [1.54, 1.807) is 18.2 Å². The second-order valence-electron chi connectivity index (χ2n) is 9.13. The summed E-state index contributed by atoms with van der Waals surface area (Å²) in [5.41, 5.74) is 3.96. The summed E-state index contributed by atoms with van der Waals surface area (Å²) in [6.45, 7) is 5.32. The number of piperidine rings is 1. The van der Waals surface area contributed by atoms with Crippen LogP contribution in [0.3, 0.4) is 0 Å². The Balaban J connectivity index is 1.27. The average Bonchev–Trinajstić information content (AvgIpc) is 3.37. The lowest BCUT2D eigenvalue weighted by atomic mass is 9.89. The molecule has 0 saturated carbocycles. The van der Waals surface area contributed by atoms with Gasteiger partial charge in [0.15, 0.2) is 11.5 Å². The van der Waals surface area contributed by atoms with E-state index in [2.05, 4.69) is 5.32 Å². The topological polar surface area (TPSA) is 80.8 Å². The minimum absolute atomic E-state index is 0.0198. The quantitative estimate of drug-likeness (QED) is 0.587. The number of likely N-dealkylation sites (tertiary alicyclic amines) is 1. The van der Waals surface area contributed by atoms with E-state index < -0.39 is 0 Å². The maximum atomic E-state index is 13.2. The third-order valence-corrected chi connectivity index (χ3v) is 6.74. The summed E-state index contributed by atoms with van der Waals surface area (Å²) in [6.07, 6.45) is 1.50. The number of ether oxygens (including phenoxy) is 2. The van der Waals surface area contributed by atoms with Crippen LogP contribution in [-0.2, 0) is 0 Å². The molecular weight excluding hydrogens is 442 g/mol. The Morgan fingerprint density at radius 2 is 1.74 bits per heavy atom. The molecule has 0 bridgehead atoms. The van der Waals surface area contributed by atoms with Crippen molar-refractivity contribution in [2.45, 2.75) is 38.6 Å². The molecule has 0 aliphatic carbocycles. The molecule has 1 atom stereocenters. The van der Waals surface area contributed by atoms with Gasteiger partial charge in [-0.3, -0.25) is 14.6 Å². The van der Waals surface area contributed by atoms with Crippen LogP contribution in [0, 0.1) is 6.92 Å². The molecule has 1 unspecified atom stereocenters. The number of rotatable bonds is 5. The van der Waals surface area contributed by atoms with E-state index in [1.165, 1.54) is 0 Å². The number of amides is 2. The summed E-state index contributed by atoms with van der Waals surface area (Å²) < 4.78 is 10.8. The number of nitrogens with one attached hydrogen (secondary N) is 1. The molecule has 5 rings (SSSR count). The van der Waals surface area contributed by atoms with Crippen molar-refractivity contribution in [1.82, 2.24) is 15.2 Å². The number of fused-ring (bicyclic) bond motifs is 1. The molecule has 1 fully saturated rings. The molecule has 2 aromatic carbocycles. The first-order chi connectivity index (χ1) is 17.0. The molecule has 2 aliphatic rings. The number of benzene rings is 2. The third-order valence-electron chi connectivity index (χ3n) is 6.74. The monoisotopic (exact) mass is 471 g/mol. The number of carbonyl (C=O) groups is 2. The fourth-order valence-corrected chi connectivity index (χ4v) is 4.75. The van der Waals surface area contributed by atoms with Crippen LogP contribution in [0.5, 0.6) is 11.5 Å². The second-order valence-corrected chi connectivity index (χ2v) is 9.13. The van der Waals surface area contributed by atoms with Crippen molar-refractivity contribution < 1.29 is 19.1 Å². The molecule has 0 spiro atoms. The molecule has 180 valence electrons. The molecular formula is C28H29N3O4. The lowest BCUT2D eigenvalue weighted by Crippen LogP contribution is -2.38. The number of carbonyl (C=O) groups excluding carboxylic acids is 2. The van der Waals surface area contributed by atoms with Crippen LogP contribution >= 0.6 is 0 Å². The zero-order valence-corrected chi connectivity index (χ0v) is 20.0. The smallest absolute Gasteiger partial charge is 0.253 e. The van der Waals surface area contributed by atoms with Crippen LogP contribution in [0.1, 0.15) is 69.4 Å². The predicted molar refractivity (Wildman–Crippen MR) is 132 cm³/mol. The zero-order chi connectivity index (χ0) is 24.4. The lowest BCUT2D eigenvalue weighted by molar-refractivity contribution is 0.0710. The van der Waals surface area contributed by atoms with Crippen molar-refractivity contribution in [2.24, 2.45) is 0 Å². The Bertz CT molecular complexity index is 1240. The van der Waals surface area contributed by atoms with Crippen LogP contribution in [0.4, 0.5) is 0 Å². The number of hydrogen-bond donors (Lipinski definition) is 1. The van der Waals surface area contributed by atoms with Gasteiger partial charge in [-0.25, -0.2) is 0 Å². The van der Waals surface area contributed by atoms with Gasteiger partial charge in [-0.2, -0.15) is 0 Å². The largest absolute Gasteiger partial charge is 0.454 e. The molecule has 0 radical (unpaired) electrons. The summed E-state index contributed by atoms with van der Waals surface area (Å²) in [6, 6.07) is 18.8. The fourth-order valence-electron chi connectivity index (χ4n) is 4.75. The number of hydrogen-bond acceptors (Lipinski definition) is 5. The van der Waals surface area contributed by atoms with Crippen LogP contribution in [0.2, 0.25) is 0 Å². The predicted octanol–water partition coefficient (Wildman–Crippen LogP) is 4.63. The molecule has 7 heteroatoms. The van der Waals surface area contributed by atoms with E-state index in [-0.39, 0.29) is 30.6 Å². The van der Waals surface area contributed by atoms with Crippen LogP contribution in [-0.4, -0.2) is 41.6 Å². The van der Waals surface area contributed by atoms with E-state index in [0.29, 0.717) is 35.7 Å². The molecule has 3 aromatic rings. The van der Waals surface area contributed by atoms with Crippen LogP contribution in [0.25, 0.3) is 0 Å². The lowest BCUT2D eigenvalue weighted by Gasteiger charge is -2.32. The van der Waals surface area contributed by atoms with Gasteiger partial charge in [0.25, 0.3) is 11.8 Å². The summed E-state index contributed by atoms with van der Waals surface area (Å²) in [5, 5.41) is 3.11. The first-order valence-corrected chi connectivity index (χ1v) is 12.0. The van der Waals surface area contributed by atoms with E-state index in [1.807, 2.05) is 61.2 Å². The van der Waals surface area contributed by atoms with Crippen molar-refractivity contribution in [3.05, 3.63) is 88.7 Å². The molecule has 2 amide bonds. The highest BCUT2D eigenvalue weighted by atomic mass is 16.7. The van der Waals surface area contributed by atoms with E-state index >= 15 is 0 Å². The third kappa shape index (κ3) is 4.85. The first-order valence-electron chi connectivity index (χ1n) is 12.0. The Morgan fingerprint density at radius 3 is 2.51 bits per heavy atom. The Kier molecular flexibility index (Phi) is 6.40. The van der Waals surface area contributed by atoms with Gasteiger partial charge in [-0.05, 0) is 62.6 Å². The average molecular weight is 472 g/mol. The maximum Gasteiger partial charge on any atom is 0.253 e. The molecule has 7 nitrogen and oxygen atoms in total. The number of pyridine rings is 1. The summed E-state index contributed by atoms with van der Waals surface area (Å²) in [4.78, 5) is 32.9. The van der Waals surface area contributed by atoms with Crippen molar-refractivity contribution in [3.8, 4) is 11.5 Å². The van der Waals surface area contributed by atoms with Gasteiger partial charge in [0, 0.05) is 30.3 Å². The van der Waals surface area contributed by atoms with Gasteiger partial charge >= 0.3 is 0 Å². The van der Waals surface area contributed by atoms with Gasteiger partial charge in [-0.15, -0.1) is 0 Å². The molecule has 2 aliphatic heterocycles. The summed E-state index contributed by atoms with van der Waals surface area (Å²) >= 11 is 0. The first kappa shape index (κ1) is 22.9. The number of aromatic nitrogens is 1. The van der Waals surface area contributed by atoms with E-state index in [0.717, 1.165) is 29.8 Å². The molecule has 1 aromatic heterocycles. The van der Waals surface area contributed by atoms with E-state index in [9.17, 15) is 9.59 Å². The Labute approximate surface area is 205 Å². The maximum absolute atomic E-state index is 13.2. The fraction of sp³-hybridized carbons (Fsp3) is 0.321. The molecule has 1 N–H and O–H groups in total. The van der Waals surface area contributed by atoms with Gasteiger partial charge in [-0.1, -0.05) is 30.3 Å². The number of aryl methyl sites for hydroxylation is 1. The molecule has 3 heterocycles. The standard InChI is InChI=1S/C28H29N3O4/c1-18-8-10-23(27(32)30-19(2)20-6-4-3-5-7-20)26(29-18)21-12-14-31(15-13-21)28(33)22-9-11-24-25(16-22)35-17-34-24/h3-11,16,19,21H,12-15,17H2,1-2H3,(H,30,32). The highest BCUT2D eigenvalue weighted by molar-refractivity contribution is 5.96. The Hall–Kier alpha value is -3.87. The Morgan fingerprint density at radius 1 is 1.00 bits per heavy atom. The second kappa shape index (κ2) is 9.78. The van der Waals surface area contributed by atoms with Gasteiger partial charge in [0.05, 0.1) is 17.3 Å². The zero-order valence-electron chi connectivity index (χ0n) is 20.0. The SMILES string of the molecule is Cc1ccc(C(=O)NC(C)c2ccccc2)c(C2CCN(C(=O)c3ccc4c(c3)OCO4)CC2)n1. The minimum Gasteiger partial charge on any atom is -0.454 e. The highest BCUT2D eigenvalue weighted by Crippen LogP contribution is 2.34. The van der Waals surface area contributed by atoms with Gasteiger partial charge < -0.3 is 19.7 Å². The summed E-state index contributed by atoms with van der Waals surface area (Å²) in [7, 11) is 0.